The van der Waals surface area contributed by atoms with Crippen molar-refractivity contribution in [2.75, 3.05) is 21.3 Å². The summed E-state index contributed by atoms with van der Waals surface area (Å²) in [6, 6.07) is 3.51. The van der Waals surface area contributed by atoms with E-state index < -0.39 is 0 Å². The van der Waals surface area contributed by atoms with E-state index in [9.17, 15) is 5.11 Å². The van der Waals surface area contributed by atoms with Crippen molar-refractivity contribution < 1.29 is 23.7 Å². The van der Waals surface area contributed by atoms with Crippen molar-refractivity contribution in [3.8, 4) is 23.0 Å². The van der Waals surface area contributed by atoms with Gasteiger partial charge in [0.15, 0.2) is 23.0 Å². The van der Waals surface area contributed by atoms with Crippen LogP contribution < -0.4 is 14.2 Å². The lowest BCUT2D eigenvalue weighted by molar-refractivity contribution is 0.353. The number of fused-ring (bicyclic) bond motifs is 3. The summed E-state index contributed by atoms with van der Waals surface area (Å²) < 4.78 is 22.1. The number of furan rings is 1. The van der Waals surface area contributed by atoms with Gasteiger partial charge in [0.05, 0.1) is 21.3 Å². The number of rotatable bonds is 3. The fourth-order valence-electron chi connectivity index (χ4n) is 2.95. The summed E-state index contributed by atoms with van der Waals surface area (Å²) in [6.07, 6.45) is 0. The monoisotopic (exact) mass is 302 g/mol. The molecule has 0 spiro atoms. The molecule has 0 fully saturated rings. The topological polar surface area (TPSA) is 61.1 Å². The van der Waals surface area contributed by atoms with E-state index in [0.717, 1.165) is 21.9 Å². The summed E-state index contributed by atoms with van der Waals surface area (Å²) in [6.45, 7) is 3.77. The molecular weight excluding hydrogens is 284 g/mol. The molecule has 0 aliphatic carbocycles. The number of phenols is 1. The predicted octanol–water partition coefficient (Wildman–Crippen LogP) is 3.93. The molecule has 0 radical (unpaired) electrons. The van der Waals surface area contributed by atoms with Crippen LogP contribution in [0, 0.1) is 13.8 Å². The van der Waals surface area contributed by atoms with Crippen LogP contribution in [0.25, 0.3) is 21.9 Å². The number of methoxy groups -OCH3 is 3. The highest BCUT2D eigenvalue weighted by molar-refractivity contribution is 6.09. The summed E-state index contributed by atoms with van der Waals surface area (Å²) in [7, 11) is 4.71. The van der Waals surface area contributed by atoms with Gasteiger partial charge in [-0.1, -0.05) is 0 Å². The number of hydrogen-bond donors (Lipinski definition) is 1. The predicted molar refractivity (Wildman–Crippen MR) is 84.5 cm³/mol. The Morgan fingerprint density at radius 1 is 0.818 bits per heavy atom. The number of ether oxygens (including phenoxy) is 3. The second-order valence-corrected chi connectivity index (χ2v) is 5.15. The largest absolute Gasteiger partial charge is 0.504 e. The molecule has 1 aromatic heterocycles. The maximum Gasteiger partial charge on any atom is 0.167 e. The molecular formula is C17H18O5. The van der Waals surface area contributed by atoms with Crippen LogP contribution in [-0.2, 0) is 0 Å². The van der Waals surface area contributed by atoms with Crippen LogP contribution in [0.1, 0.15) is 11.1 Å². The number of aryl methyl sites for hydroxylation is 2. The number of aromatic hydroxyl groups is 1. The molecule has 5 heteroatoms. The Bertz CT molecular complexity index is 876. The lowest BCUT2D eigenvalue weighted by Crippen LogP contribution is -1.93. The molecule has 0 aliphatic rings. The SMILES string of the molecule is COc1cc2c(oc3c(C)c(OC)c(O)cc32)c(C)c1OC. The third-order valence-corrected chi connectivity index (χ3v) is 3.99. The minimum Gasteiger partial charge on any atom is -0.504 e. The van der Waals surface area contributed by atoms with Crippen LogP contribution in [0.15, 0.2) is 16.5 Å². The fourth-order valence-corrected chi connectivity index (χ4v) is 2.95. The molecule has 3 aromatic rings. The Morgan fingerprint density at radius 3 is 1.91 bits per heavy atom. The van der Waals surface area contributed by atoms with Crippen LogP contribution in [0.3, 0.4) is 0 Å². The number of benzene rings is 2. The third-order valence-electron chi connectivity index (χ3n) is 3.99. The van der Waals surface area contributed by atoms with Gasteiger partial charge in [0.1, 0.15) is 11.2 Å². The molecule has 0 saturated carbocycles. The average molecular weight is 302 g/mol. The van der Waals surface area contributed by atoms with Gasteiger partial charge in [-0.15, -0.1) is 0 Å². The average Bonchev–Trinajstić information content (AvgIpc) is 2.86. The molecule has 1 heterocycles. The Morgan fingerprint density at radius 2 is 1.36 bits per heavy atom. The standard InChI is InChI=1S/C17H18O5/c1-8-14-10(6-12(18)16(8)20-4)11-7-13(19-3)17(21-5)9(2)15(11)22-14/h6-7,18H,1-5H3. The molecule has 0 bridgehead atoms. The highest BCUT2D eigenvalue weighted by Crippen LogP contribution is 2.45. The molecule has 0 atom stereocenters. The Balaban J connectivity index is 2.50. The van der Waals surface area contributed by atoms with Crippen molar-refractivity contribution in [1.29, 1.82) is 0 Å². The van der Waals surface area contributed by atoms with E-state index in [0.29, 0.717) is 28.4 Å². The van der Waals surface area contributed by atoms with E-state index in [1.165, 1.54) is 7.11 Å². The summed E-state index contributed by atoms with van der Waals surface area (Å²) in [4.78, 5) is 0. The van der Waals surface area contributed by atoms with Crippen molar-refractivity contribution in [2.24, 2.45) is 0 Å². The quantitative estimate of drug-likeness (QED) is 0.794. The molecule has 22 heavy (non-hydrogen) atoms. The van der Waals surface area contributed by atoms with Crippen LogP contribution >= 0.6 is 0 Å². The van der Waals surface area contributed by atoms with E-state index in [4.69, 9.17) is 18.6 Å². The highest BCUT2D eigenvalue weighted by atomic mass is 16.5. The zero-order valence-electron chi connectivity index (χ0n) is 13.2. The number of hydrogen-bond acceptors (Lipinski definition) is 5. The van der Waals surface area contributed by atoms with Gasteiger partial charge in [0.2, 0.25) is 0 Å². The van der Waals surface area contributed by atoms with Gasteiger partial charge >= 0.3 is 0 Å². The van der Waals surface area contributed by atoms with Crippen LogP contribution in [0.4, 0.5) is 0 Å². The van der Waals surface area contributed by atoms with Crippen molar-refractivity contribution in [1.82, 2.24) is 0 Å². The fraction of sp³-hybridized carbons (Fsp3) is 0.294. The molecule has 3 rings (SSSR count). The highest BCUT2D eigenvalue weighted by Gasteiger charge is 2.21. The van der Waals surface area contributed by atoms with Gasteiger partial charge in [0, 0.05) is 21.9 Å². The second-order valence-electron chi connectivity index (χ2n) is 5.15. The molecule has 116 valence electrons. The smallest absolute Gasteiger partial charge is 0.167 e. The summed E-state index contributed by atoms with van der Waals surface area (Å²) in [5.74, 6) is 1.77. The zero-order chi connectivity index (χ0) is 16.0. The minimum absolute atomic E-state index is 0.0858. The van der Waals surface area contributed by atoms with E-state index in [1.54, 1.807) is 20.3 Å². The van der Waals surface area contributed by atoms with Gasteiger partial charge in [-0.05, 0) is 26.0 Å². The number of phenolic OH excluding ortho intramolecular Hbond substituents is 1. The van der Waals surface area contributed by atoms with E-state index >= 15 is 0 Å². The van der Waals surface area contributed by atoms with Crippen LogP contribution in [0.5, 0.6) is 23.0 Å². The zero-order valence-corrected chi connectivity index (χ0v) is 13.2. The first-order valence-electron chi connectivity index (χ1n) is 6.87. The van der Waals surface area contributed by atoms with E-state index in [1.807, 2.05) is 19.9 Å². The summed E-state index contributed by atoms with van der Waals surface area (Å²) in [5, 5.41) is 11.8. The Hall–Kier alpha value is -2.56. The molecule has 0 aliphatic heterocycles. The van der Waals surface area contributed by atoms with Gasteiger partial charge in [-0.25, -0.2) is 0 Å². The lowest BCUT2D eigenvalue weighted by Gasteiger charge is -2.10. The second kappa shape index (κ2) is 5.02. The molecule has 2 aromatic carbocycles. The van der Waals surface area contributed by atoms with Crippen LogP contribution in [-0.4, -0.2) is 26.4 Å². The maximum atomic E-state index is 10.1. The van der Waals surface area contributed by atoms with Crippen molar-refractivity contribution in [2.45, 2.75) is 13.8 Å². The molecule has 0 unspecified atom stereocenters. The van der Waals surface area contributed by atoms with Gasteiger partial charge in [0.25, 0.3) is 0 Å². The van der Waals surface area contributed by atoms with Gasteiger partial charge in [-0.3, -0.25) is 0 Å². The molecule has 0 saturated heterocycles. The molecule has 1 N–H and O–H groups in total. The Kier molecular flexibility index (Phi) is 3.28. The van der Waals surface area contributed by atoms with Crippen LogP contribution in [0.2, 0.25) is 0 Å². The molecule has 0 amide bonds. The lowest BCUT2D eigenvalue weighted by atomic mass is 10.1. The van der Waals surface area contributed by atoms with Crippen molar-refractivity contribution in [3.05, 3.63) is 23.3 Å². The maximum absolute atomic E-state index is 10.1. The Labute approximate surface area is 128 Å². The third kappa shape index (κ3) is 1.78. The summed E-state index contributed by atoms with van der Waals surface area (Å²) >= 11 is 0. The normalized spacial score (nSPS) is 11.1. The van der Waals surface area contributed by atoms with Gasteiger partial charge in [-0.2, -0.15) is 0 Å². The summed E-state index contributed by atoms with van der Waals surface area (Å²) in [5.41, 5.74) is 3.00. The van der Waals surface area contributed by atoms with E-state index in [-0.39, 0.29) is 5.75 Å². The minimum atomic E-state index is 0.0858. The molecule has 5 nitrogen and oxygen atoms in total. The first kappa shape index (κ1) is 14.4. The first-order valence-corrected chi connectivity index (χ1v) is 6.87. The first-order chi connectivity index (χ1) is 10.5. The van der Waals surface area contributed by atoms with E-state index in [2.05, 4.69) is 0 Å². The van der Waals surface area contributed by atoms with Gasteiger partial charge < -0.3 is 23.7 Å². The van der Waals surface area contributed by atoms with Crippen molar-refractivity contribution in [3.63, 3.8) is 0 Å². The van der Waals surface area contributed by atoms with Crippen molar-refractivity contribution >= 4 is 21.9 Å².